The Labute approximate surface area is 95.2 Å². The van der Waals surface area contributed by atoms with Crippen LogP contribution in [0.15, 0.2) is 22.7 Å². The number of thioether (sulfide) groups is 1. The van der Waals surface area contributed by atoms with E-state index in [1.165, 1.54) is 23.9 Å². The van der Waals surface area contributed by atoms with Crippen LogP contribution >= 0.6 is 27.7 Å². The van der Waals surface area contributed by atoms with Crippen molar-refractivity contribution in [1.82, 2.24) is 0 Å². The summed E-state index contributed by atoms with van der Waals surface area (Å²) in [4.78, 5) is 11.3. The highest BCUT2D eigenvalue weighted by molar-refractivity contribution is 9.10. The Morgan fingerprint density at radius 3 is 2.79 bits per heavy atom. The van der Waals surface area contributed by atoms with Crippen LogP contribution in [-0.4, -0.2) is 17.8 Å². The molecule has 4 heteroatoms. The average molecular weight is 277 g/mol. The highest BCUT2D eigenvalue weighted by Crippen LogP contribution is 2.15. The van der Waals surface area contributed by atoms with Crippen LogP contribution in [0.2, 0.25) is 0 Å². The molecule has 0 N–H and O–H groups in total. The molecule has 0 amide bonds. The highest BCUT2D eigenvalue weighted by Gasteiger charge is 2.05. The number of Topliss-reactive ketones (excluding diaryl/α,β-unsaturated/α-hetero) is 1. The Kier molecular flexibility index (Phi) is 4.62. The molecule has 0 atom stereocenters. The number of rotatable bonds is 4. The summed E-state index contributed by atoms with van der Waals surface area (Å²) in [6.45, 7) is 0. The van der Waals surface area contributed by atoms with Crippen LogP contribution in [0, 0.1) is 5.82 Å². The van der Waals surface area contributed by atoms with Gasteiger partial charge in [-0.25, -0.2) is 4.39 Å². The molecule has 0 saturated carbocycles. The molecule has 0 unspecified atom stereocenters. The van der Waals surface area contributed by atoms with Crippen molar-refractivity contribution in [1.29, 1.82) is 0 Å². The summed E-state index contributed by atoms with van der Waals surface area (Å²) in [5, 5.41) is 0. The third-order valence-corrected chi connectivity index (χ3v) is 2.70. The lowest BCUT2D eigenvalue weighted by Crippen LogP contribution is -2.05. The number of hydrogen-bond donors (Lipinski definition) is 0. The third kappa shape index (κ3) is 3.80. The first kappa shape index (κ1) is 11.7. The molecular formula is C10H10BrFOS. The Hall–Kier alpha value is -0.350. The maximum atomic E-state index is 12.9. The first-order valence-corrected chi connectivity index (χ1v) is 6.26. The first-order chi connectivity index (χ1) is 6.61. The van der Waals surface area contributed by atoms with Crippen LogP contribution < -0.4 is 0 Å². The fraction of sp³-hybridized carbons (Fsp3) is 0.300. The SMILES string of the molecule is CSCC(=O)Cc1cc(F)cc(Br)c1. The fourth-order valence-corrected chi connectivity index (χ4v) is 2.09. The standard InChI is InChI=1S/C10H10BrFOS/c1-14-6-10(13)4-7-2-8(11)5-9(12)3-7/h2-3,5H,4,6H2,1H3. The lowest BCUT2D eigenvalue weighted by atomic mass is 10.1. The van der Waals surface area contributed by atoms with Crippen molar-refractivity contribution in [2.24, 2.45) is 0 Å². The van der Waals surface area contributed by atoms with Gasteiger partial charge in [-0.1, -0.05) is 15.9 Å². The Morgan fingerprint density at radius 2 is 2.21 bits per heavy atom. The molecule has 0 aliphatic heterocycles. The fourth-order valence-electron chi connectivity index (χ4n) is 1.15. The van der Waals surface area contributed by atoms with Crippen molar-refractivity contribution in [2.75, 3.05) is 12.0 Å². The van der Waals surface area contributed by atoms with Crippen molar-refractivity contribution in [3.8, 4) is 0 Å². The van der Waals surface area contributed by atoms with E-state index in [2.05, 4.69) is 15.9 Å². The van der Waals surface area contributed by atoms with Gasteiger partial charge in [0.05, 0.1) is 5.75 Å². The molecule has 0 saturated heterocycles. The van der Waals surface area contributed by atoms with E-state index in [0.29, 0.717) is 16.6 Å². The number of benzene rings is 1. The number of halogens is 2. The van der Waals surface area contributed by atoms with Gasteiger partial charge in [0, 0.05) is 10.9 Å². The van der Waals surface area contributed by atoms with Gasteiger partial charge in [0.15, 0.2) is 0 Å². The van der Waals surface area contributed by atoms with E-state index in [1.54, 1.807) is 6.07 Å². The van der Waals surface area contributed by atoms with Crippen LogP contribution in [0.4, 0.5) is 4.39 Å². The van der Waals surface area contributed by atoms with Crippen LogP contribution in [0.25, 0.3) is 0 Å². The van der Waals surface area contributed by atoms with E-state index in [-0.39, 0.29) is 11.6 Å². The van der Waals surface area contributed by atoms with Gasteiger partial charge >= 0.3 is 0 Å². The van der Waals surface area contributed by atoms with Crippen LogP contribution in [-0.2, 0) is 11.2 Å². The van der Waals surface area contributed by atoms with Gasteiger partial charge in [0.2, 0.25) is 0 Å². The van der Waals surface area contributed by atoms with E-state index < -0.39 is 0 Å². The minimum absolute atomic E-state index is 0.120. The maximum absolute atomic E-state index is 12.9. The van der Waals surface area contributed by atoms with Crippen molar-refractivity contribution in [2.45, 2.75) is 6.42 Å². The molecule has 0 bridgehead atoms. The second kappa shape index (κ2) is 5.51. The normalized spacial score (nSPS) is 10.2. The quantitative estimate of drug-likeness (QED) is 0.841. The molecule has 1 nitrogen and oxygen atoms in total. The van der Waals surface area contributed by atoms with Crippen molar-refractivity contribution in [3.05, 3.63) is 34.1 Å². The number of ketones is 1. The summed E-state index contributed by atoms with van der Waals surface area (Å²) >= 11 is 4.67. The smallest absolute Gasteiger partial charge is 0.147 e. The molecular weight excluding hydrogens is 267 g/mol. The van der Waals surface area contributed by atoms with Crippen molar-refractivity contribution >= 4 is 33.5 Å². The van der Waals surface area contributed by atoms with E-state index in [1.807, 2.05) is 6.26 Å². The molecule has 0 heterocycles. The average Bonchev–Trinajstić information content (AvgIpc) is 2.01. The Balaban J connectivity index is 2.71. The largest absolute Gasteiger partial charge is 0.298 e. The molecule has 0 aromatic heterocycles. The van der Waals surface area contributed by atoms with Crippen molar-refractivity contribution < 1.29 is 9.18 Å². The zero-order chi connectivity index (χ0) is 10.6. The Bertz CT molecular complexity index is 321. The molecule has 0 aliphatic rings. The van der Waals surface area contributed by atoms with Crippen molar-refractivity contribution in [3.63, 3.8) is 0 Å². The van der Waals surface area contributed by atoms with Gasteiger partial charge in [0.25, 0.3) is 0 Å². The monoisotopic (exact) mass is 276 g/mol. The zero-order valence-corrected chi connectivity index (χ0v) is 10.1. The van der Waals surface area contributed by atoms with Gasteiger partial charge in [-0.15, -0.1) is 0 Å². The van der Waals surface area contributed by atoms with Gasteiger partial charge in [-0.2, -0.15) is 11.8 Å². The predicted molar refractivity (Wildman–Crippen MR) is 61.2 cm³/mol. The number of hydrogen-bond acceptors (Lipinski definition) is 2. The van der Waals surface area contributed by atoms with Gasteiger partial charge in [-0.3, -0.25) is 4.79 Å². The van der Waals surface area contributed by atoms with E-state index >= 15 is 0 Å². The van der Waals surface area contributed by atoms with E-state index in [9.17, 15) is 9.18 Å². The minimum atomic E-state index is -0.314. The molecule has 14 heavy (non-hydrogen) atoms. The van der Waals surface area contributed by atoms with Crippen LogP contribution in [0.3, 0.4) is 0 Å². The summed E-state index contributed by atoms with van der Waals surface area (Å²) in [5.41, 5.74) is 0.718. The summed E-state index contributed by atoms with van der Waals surface area (Å²) < 4.78 is 13.6. The lowest BCUT2D eigenvalue weighted by Gasteiger charge is -2.01. The minimum Gasteiger partial charge on any atom is -0.298 e. The maximum Gasteiger partial charge on any atom is 0.147 e. The molecule has 0 spiro atoms. The van der Waals surface area contributed by atoms with Gasteiger partial charge in [0.1, 0.15) is 11.6 Å². The molecule has 76 valence electrons. The molecule has 1 aromatic rings. The van der Waals surface area contributed by atoms with Crippen LogP contribution in [0.1, 0.15) is 5.56 Å². The molecule has 0 fully saturated rings. The molecule has 1 aromatic carbocycles. The van der Waals surface area contributed by atoms with Gasteiger partial charge in [-0.05, 0) is 30.0 Å². The summed E-state index contributed by atoms with van der Waals surface area (Å²) in [7, 11) is 0. The van der Waals surface area contributed by atoms with Gasteiger partial charge < -0.3 is 0 Å². The molecule has 1 rings (SSSR count). The summed E-state index contributed by atoms with van der Waals surface area (Å²) in [6.07, 6.45) is 2.18. The lowest BCUT2D eigenvalue weighted by molar-refractivity contribution is -0.115. The van der Waals surface area contributed by atoms with E-state index in [0.717, 1.165) is 5.56 Å². The highest BCUT2D eigenvalue weighted by atomic mass is 79.9. The first-order valence-electron chi connectivity index (χ1n) is 4.07. The second-order valence-corrected chi connectivity index (χ2v) is 4.71. The van der Waals surface area contributed by atoms with E-state index in [4.69, 9.17) is 0 Å². The zero-order valence-electron chi connectivity index (χ0n) is 7.72. The molecule has 0 aliphatic carbocycles. The number of carbonyl (C=O) groups is 1. The second-order valence-electron chi connectivity index (χ2n) is 2.93. The molecule has 0 radical (unpaired) electrons. The predicted octanol–water partition coefficient (Wildman–Crippen LogP) is 3.06. The summed E-state index contributed by atoms with van der Waals surface area (Å²) in [5.74, 6) is 0.287. The summed E-state index contributed by atoms with van der Waals surface area (Å²) in [6, 6.07) is 4.53. The Morgan fingerprint density at radius 1 is 1.50 bits per heavy atom. The number of carbonyl (C=O) groups excluding carboxylic acids is 1. The topological polar surface area (TPSA) is 17.1 Å². The third-order valence-electron chi connectivity index (χ3n) is 1.63. The van der Waals surface area contributed by atoms with Crippen LogP contribution in [0.5, 0.6) is 0 Å².